The van der Waals surface area contributed by atoms with E-state index in [0.717, 1.165) is 23.2 Å². The minimum Gasteiger partial charge on any atom is -0.480 e. The van der Waals surface area contributed by atoms with Gasteiger partial charge in [0.2, 0.25) is 0 Å². The van der Waals surface area contributed by atoms with E-state index in [1.54, 1.807) is 4.57 Å². The Bertz CT molecular complexity index is 1180. The maximum atomic E-state index is 12.6. The molecule has 4 rings (SSSR count). The summed E-state index contributed by atoms with van der Waals surface area (Å²) in [6, 6.07) is 15.9. The number of aromatic carboxylic acids is 1. The molecule has 3 aromatic rings. The molecule has 1 atom stereocenters. The summed E-state index contributed by atoms with van der Waals surface area (Å²) >= 11 is 0. The smallest absolute Gasteiger partial charge is 0.352 e. The predicted molar refractivity (Wildman–Crippen MR) is 128 cm³/mol. The summed E-state index contributed by atoms with van der Waals surface area (Å²) in [4.78, 5) is 29.2. The molecule has 33 heavy (non-hydrogen) atoms. The van der Waals surface area contributed by atoms with E-state index in [4.69, 9.17) is 0 Å². The van der Waals surface area contributed by atoms with Crippen molar-refractivity contribution in [3.63, 3.8) is 0 Å². The summed E-state index contributed by atoms with van der Waals surface area (Å²) in [5.74, 6) is -2.15. The molecule has 2 N–H and O–H groups in total. The summed E-state index contributed by atoms with van der Waals surface area (Å²) in [6.07, 6.45) is 0. The number of piperazine rings is 1. The van der Waals surface area contributed by atoms with Crippen LogP contribution in [-0.4, -0.2) is 69.2 Å². The lowest BCUT2D eigenvalue weighted by atomic mass is 10.00. The lowest BCUT2D eigenvalue weighted by molar-refractivity contribution is -0.144. The summed E-state index contributed by atoms with van der Waals surface area (Å²) in [5, 5.41) is 21.2. The van der Waals surface area contributed by atoms with Gasteiger partial charge < -0.3 is 14.8 Å². The summed E-state index contributed by atoms with van der Waals surface area (Å²) < 4.78 is 1.73. The number of rotatable bonds is 8. The molecular formula is C26H29N3O4. The average Bonchev–Trinajstić information content (AvgIpc) is 3.09. The van der Waals surface area contributed by atoms with Gasteiger partial charge >= 0.3 is 11.9 Å². The molecule has 0 unspecified atom stereocenters. The highest BCUT2D eigenvalue weighted by Gasteiger charge is 2.37. The van der Waals surface area contributed by atoms with Gasteiger partial charge in [0.25, 0.3) is 0 Å². The highest BCUT2D eigenvalue weighted by atomic mass is 16.4. The topological polar surface area (TPSA) is 86.0 Å². The largest absolute Gasteiger partial charge is 0.480 e. The number of hydrogen-bond acceptors (Lipinski definition) is 4. The first-order chi connectivity index (χ1) is 15.9. The lowest BCUT2D eigenvalue weighted by Crippen LogP contribution is -2.49. The van der Waals surface area contributed by atoms with Crippen LogP contribution in [0.4, 0.5) is 0 Å². The molecule has 7 heteroatoms. The molecule has 1 fully saturated rings. The Morgan fingerprint density at radius 2 is 1.61 bits per heavy atom. The van der Waals surface area contributed by atoms with E-state index in [-0.39, 0.29) is 5.69 Å². The minimum atomic E-state index is -1.12. The molecule has 0 saturated carbocycles. The molecule has 2 aromatic carbocycles. The molecule has 0 bridgehead atoms. The third-order valence-electron chi connectivity index (χ3n) is 6.17. The highest BCUT2D eigenvalue weighted by Crippen LogP contribution is 2.35. The van der Waals surface area contributed by atoms with Crippen molar-refractivity contribution in [2.75, 3.05) is 32.7 Å². The molecule has 0 spiro atoms. The molecule has 1 aliphatic rings. The maximum Gasteiger partial charge on any atom is 0.352 e. The third kappa shape index (κ3) is 4.69. The number of fused-ring (bicyclic) bond motifs is 1. The first-order valence-corrected chi connectivity index (χ1v) is 11.1. The molecule has 0 amide bonds. The van der Waals surface area contributed by atoms with E-state index >= 15 is 0 Å². The van der Waals surface area contributed by atoms with Crippen LogP contribution in [0.25, 0.3) is 10.9 Å². The van der Waals surface area contributed by atoms with Gasteiger partial charge in [-0.15, -0.1) is 0 Å². The van der Waals surface area contributed by atoms with Crippen molar-refractivity contribution in [3.8, 4) is 0 Å². The van der Waals surface area contributed by atoms with Crippen LogP contribution >= 0.6 is 0 Å². The van der Waals surface area contributed by atoms with Crippen LogP contribution in [0.2, 0.25) is 0 Å². The lowest BCUT2D eigenvalue weighted by Gasteiger charge is -2.38. The van der Waals surface area contributed by atoms with Crippen LogP contribution in [0.1, 0.15) is 34.6 Å². The second-order valence-corrected chi connectivity index (χ2v) is 8.67. The Morgan fingerprint density at radius 1 is 0.970 bits per heavy atom. The summed E-state index contributed by atoms with van der Waals surface area (Å²) in [5.41, 5.74) is 3.13. The van der Waals surface area contributed by atoms with Gasteiger partial charge in [-0.05, 0) is 18.6 Å². The quantitative estimate of drug-likeness (QED) is 0.512. The van der Waals surface area contributed by atoms with Crippen molar-refractivity contribution in [3.05, 3.63) is 83.6 Å². The van der Waals surface area contributed by atoms with Crippen LogP contribution in [-0.2, 0) is 11.3 Å². The third-order valence-corrected chi connectivity index (χ3v) is 6.17. The number of benzene rings is 2. The maximum absolute atomic E-state index is 12.6. The number of aromatic nitrogens is 1. The first kappa shape index (κ1) is 22.8. The van der Waals surface area contributed by atoms with Gasteiger partial charge in [-0.2, -0.15) is 0 Å². The Balaban J connectivity index is 1.80. The van der Waals surface area contributed by atoms with Gasteiger partial charge in [0.15, 0.2) is 0 Å². The van der Waals surface area contributed by atoms with Crippen molar-refractivity contribution < 1.29 is 19.8 Å². The zero-order valence-corrected chi connectivity index (χ0v) is 18.8. The van der Waals surface area contributed by atoms with Crippen molar-refractivity contribution in [1.82, 2.24) is 14.4 Å². The van der Waals surface area contributed by atoms with Crippen LogP contribution in [0.5, 0.6) is 0 Å². The van der Waals surface area contributed by atoms with Crippen molar-refractivity contribution >= 4 is 22.8 Å². The van der Waals surface area contributed by atoms with E-state index in [1.165, 1.54) is 0 Å². The van der Waals surface area contributed by atoms with Crippen LogP contribution < -0.4 is 0 Å². The van der Waals surface area contributed by atoms with Gasteiger partial charge in [-0.1, -0.05) is 60.7 Å². The molecule has 2 heterocycles. The van der Waals surface area contributed by atoms with Crippen LogP contribution in [0.15, 0.2) is 66.7 Å². The normalized spacial score (nSPS) is 16.0. The van der Waals surface area contributed by atoms with Gasteiger partial charge in [-0.3, -0.25) is 14.6 Å². The fourth-order valence-corrected chi connectivity index (χ4v) is 4.79. The van der Waals surface area contributed by atoms with Gasteiger partial charge in [0.1, 0.15) is 11.7 Å². The molecule has 172 valence electrons. The Kier molecular flexibility index (Phi) is 6.62. The van der Waals surface area contributed by atoms with Crippen LogP contribution in [0.3, 0.4) is 0 Å². The van der Waals surface area contributed by atoms with Gasteiger partial charge in [0.05, 0.1) is 0 Å². The van der Waals surface area contributed by atoms with Gasteiger partial charge in [-0.25, -0.2) is 4.79 Å². The number of carboxylic acids is 2. The molecule has 1 aliphatic heterocycles. The monoisotopic (exact) mass is 447 g/mol. The Morgan fingerprint density at radius 3 is 2.21 bits per heavy atom. The van der Waals surface area contributed by atoms with E-state index in [9.17, 15) is 19.8 Å². The second-order valence-electron chi connectivity index (χ2n) is 8.67. The Labute approximate surface area is 193 Å². The highest BCUT2D eigenvalue weighted by molar-refractivity contribution is 6.01. The number of nitrogens with zero attached hydrogens (tertiary/aromatic N) is 3. The van der Waals surface area contributed by atoms with E-state index < -0.39 is 18.0 Å². The van der Waals surface area contributed by atoms with Crippen molar-refractivity contribution in [1.29, 1.82) is 0 Å². The van der Waals surface area contributed by atoms with Gasteiger partial charge in [0, 0.05) is 55.7 Å². The standard InChI is InChI=1S/C26H29N3O4/c1-18(2)16-27-12-14-28(15-13-27)23(25(30)31)22-20-10-6-7-11-21(20)29(24(22)26(32)33)17-19-8-4-3-5-9-19/h3-11,23H,1,12-17H2,2H3,(H,30,31)(H,32,33)/t23-/m1/s1. The average molecular weight is 448 g/mol. The van der Waals surface area contributed by atoms with E-state index in [1.807, 2.05) is 66.4 Å². The molecule has 1 saturated heterocycles. The first-order valence-electron chi connectivity index (χ1n) is 11.1. The van der Waals surface area contributed by atoms with E-state index in [2.05, 4.69) is 11.5 Å². The number of aliphatic carboxylic acids is 1. The van der Waals surface area contributed by atoms with Crippen molar-refractivity contribution in [2.24, 2.45) is 0 Å². The molecule has 1 aromatic heterocycles. The number of carbonyl (C=O) groups is 2. The number of hydrogen-bond donors (Lipinski definition) is 2. The summed E-state index contributed by atoms with van der Waals surface area (Å²) in [7, 11) is 0. The SMILES string of the molecule is C=C(C)CN1CCN([C@@H](C(=O)O)c2c(C(=O)O)n(Cc3ccccc3)c3ccccc23)CC1. The minimum absolute atomic E-state index is 0.0387. The Hall–Kier alpha value is -3.42. The number of carboxylic acid groups (broad SMARTS) is 2. The zero-order chi connectivity index (χ0) is 23.5. The molecule has 0 aliphatic carbocycles. The summed E-state index contributed by atoms with van der Waals surface area (Å²) in [6.45, 7) is 9.58. The predicted octanol–water partition coefficient (Wildman–Crippen LogP) is 3.71. The molecule has 7 nitrogen and oxygen atoms in total. The number of para-hydroxylation sites is 1. The van der Waals surface area contributed by atoms with Crippen molar-refractivity contribution in [2.45, 2.75) is 19.5 Å². The molecule has 0 radical (unpaired) electrons. The van der Waals surface area contributed by atoms with E-state index in [0.29, 0.717) is 43.7 Å². The fraction of sp³-hybridized carbons (Fsp3) is 0.308. The van der Waals surface area contributed by atoms with Crippen LogP contribution in [0, 0.1) is 0 Å². The zero-order valence-electron chi connectivity index (χ0n) is 18.8. The fourth-order valence-electron chi connectivity index (χ4n) is 4.79. The second kappa shape index (κ2) is 9.60. The molecular weight excluding hydrogens is 418 g/mol.